The summed E-state index contributed by atoms with van der Waals surface area (Å²) in [5.41, 5.74) is 0.945. The van der Waals surface area contributed by atoms with Gasteiger partial charge in [-0.1, -0.05) is 36.0 Å². The number of halogens is 2. The zero-order chi connectivity index (χ0) is 16.9. The number of aliphatic hydroxyl groups is 1. The Hall–Kier alpha value is -0.390. The Labute approximate surface area is 154 Å². The summed E-state index contributed by atoms with van der Waals surface area (Å²) in [6, 6.07) is 0. The second-order valence-electron chi connectivity index (χ2n) is 7.19. The van der Waals surface area contributed by atoms with Crippen LogP contribution in [0.4, 0.5) is 0 Å². The summed E-state index contributed by atoms with van der Waals surface area (Å²) in [6.07, 6.45) is 8.63. The predicted molar refractivity (Wildman–Crippen MR) is 98.5 cm³/mol. The van der Waals surface area contributed by atoms with Crippen LogP contribution in [0.2, 0.25) is 10.0 Å². The monoisotopic (exact) mass is 371 g/mol. The number of nitrogens with zero attached hydrogens (tertiary/aromatic N) is 3. The standard InChI is InChI=1S/C18H27Cl2N3O/c19-17-7-21-8-18(20)16(17)12-23-10-14(15(11-23)13-24)9-22-5-3-1-2-4-6-22/h7-8,14-15,24H,1-6,9-13H2/t14-,15-/m0/s1. The quantitative estimate of drug-likeness (QED) is 0.861. The van der Waals surface area contributed by atoms with Gasteiger partial charge in [0, 0.05) is 50.7 Å². The Balaban J connectivity index is 1.61. The Morgan fingerprint density at radius 3 is 2.21 bits per heavy atom. The third-order valence-electron chi connectivity index (χ3n) is 5.41. The van der Waals surface area contributed by atoms with Crippen molar-refractivity contribution in [1.29, 1.82) is 0 Å². The van der Waals surface area contributed by atoms with Crippen LogP contribution in [0.5, 0.6) is 0 Å². The maximum absolute atomic E-state index is 9.81. The molecule has 2 aliphatic heterocycles. The van der Waals surface area contributed by atoms with Crippen molar-refractivity contribution in [2.24, 2.45) is 11.8 Å². The molecule has 0 radical (unpaired) electrons. The molecule has 2 atom stereocenters. The maximum atomic E-state index is 9.81. The molecule has 0 unspecified atom stereocenters. The summed E-state index contributed by atoms with van der Waals surface area (Å²) in [6.45, 7) is 6.40. The van der Waals surface area contributed by atoms with Crippen LogP contribution >= 0.6 is 23.2 Å². The zero-order valence-electron chi connectivity index (χ0n) is 14.1. The van der Waals surface area contributed by atoms with Crippen molar-refractivity contribution < 1.29 is 5.11 Å². The molecule has 24 heavy (non-hydrogen) atoms. The van der Waals surface area contributed by atoms with Gasteiger partial charge in [-0.3, -0.25) is 9.88 Å². The van der Waals surface area contributed by atoms with E-state index in [1.165, 1.54) is 38.8 Å². The molecule has 2 saturated heterocycles. The van der Waals surface area contributed by atoms with Crippen LogP contribution in [0.15, 0.2) is 12.4 Å². The second kappa shape index (κ2) is 8.81. The minimum absolute atomic E-state index is 0.257. The number of aromatic nitrogens is 1. The van der Waals surface area contributed by atoms with Gasteiger partial charge < -0.3 is 10.0 Å². The molecule has 6 heteroatoms. The minimum atomic E-state index is 0.257. The first-order valence-corrected chi connectivity index (χ1v) is 9.76. The summed E-state index contributed by atoms with van der Waals surface area (Å²) in [4.78, 5) is 8.99. The number of likely N-dealkylation sites (tertiary alicyclic amines) is 2. The largest absolute Gasteiger partial charge is 0.396 e. The summed E-state index contributed by atoms with van der Waals surface area (Å²) in [5, 5.41) is 11.1. The molecule has 3 heterocycles. The first-order chi connectivity index (χ1) is 11.7. The van der Waals surface area contributed by atoms with Crippen molar-refractivity contribution in [3.05, 3.63) is 28.0 Å². The van der Waals surface area contributed by atoms with Gasteiger partial charge in [-0.2, -0.15) is 0 Å². The highest BCUT2D eigenvalue weighted by molar-refractivity contribution is 6.35. The smallest absolute Gasteiger partial charge is 0.0649 e. The van der Waals surface area contributed by atoms with Crippen molar-refractivity contribution in [2.75, 3.05) is 39.3 Å². The molecule has 1 aromatic rings. The van der Waals surface area contributed by atoms with Crippen LogP contribution in [0, 0.1) is 11.8 Å². The van der Waals surface area contributed by atoms with E-state index >= 15 is 0 Å². The average Bonchev–Trinajstić information content (AvgIpc) is 2.76. The van der Waals surface area contributed by atoms with Crippen molar-refractivity contribution in [1.82, 2.24) is 14.8 Å². The summed E-state index contributed by atoms with van der Waals surface area (Å²) in [5.74, 6) is 0.861. The third kappa shape index (κ3) is 4.61. The summed E-state index contributed by atoms with van der Waals surface area (Å²) >= 11 is 12.5. The van der Waals surface area contributed by atoms with E-state index in [-0.39, 0.29) is 6.61 Å². The van der Waals surface area contributed by atoms with Gasteiger partial charge in [-0.15, -0.1) is 0 Å². The third-order valence-corrected chi connectivity index (χ3v) is 6.06. The van der Waals surface area contributed by atoms with Crippen LogP contribution in [-0.2, 0) is 6.54 Å². The first-order valence-electron chi connectivity index (χ1n) is 9.01. The van der Waals surface area contributed by atoms with Gasteiger partial charge in [0.2, 0.25) is 0 Å². The topological polar surface area (TPSA) is 39.6 Å². The minimum Gasteiger partial charge on any atom is -0.396 e. The van der Waals surface area contributed by atoms with Crippen LogP contribution in [0.25, 0.3) is 0 Å². The molecule has 134 valence electrons. The molecule has 0 amide bonds. The highest BCUT2D eigenvalue weighted by Crippen LogP contribution is 2.30. The van der Waals surface area contributed by atoms with Gasteiger partial charge in [0.1, 0.15) is 0 Å². The number of pyridine rings is 1. The Bertz CT molecular complexity index is 515. The predicted octanol–water partition coefficient (Wildman–Crippen LogP) is 3.30. The molecule has 3 rings (SSSR count). The van der Waals surface area contributed by atoms with Gasteiger partial charge >= 0.3 is 0 Å². The summed E-state index contributed by atoms with van der Waals surface area (Å²) < 4.78 is 0. The Morgan fingerprint density at radius 2 is 1.58 bits per heavy atom. The van der Waals surface area contributed by atoms with E-state index in [0.29, 0.717) is 21.9 Å². The average molecular weight is 372 g/mol. The molecule has 0 aliphatic carbocycles. The molecule has 2 aliphatic rings. The van der Waals surface area contributed by atoms with Crippen LogP contribution < -0.4 is 0 Å². The lowest BCUT2D eigenvalue weighted by Crippen LogP contribution is -2.34. The van der Waals surface area contributed by atoms with E-state index in [0.717, 1.165) is 31.7 Å². The molecule has 0 spiro atoms. The second-order valence-corrected chi connectivity index (χ2v) is 8.01. The highest BCUT2D eigenvalue weighted by Gasteiger charge is 2.33. The number of rotatable bonds is 5. The molecule has 2 fully saturated rings. The molecule has 0 bridgehead atoms. The Kier molecular flexibility index (Phi) is 6.76. The SMILES string of the molecule is OC[C@@H]1CN(Cc2c(Cl)cncc2Cl)C[C@@H]1CN1CCCCCC1. The summed E-state index contributed by atoms with van der Waals surface area (Å²) in [7, 11) is 0. The Morgan fingerprint density at radius 1 is 0.958 bits per heavy atom. The number of hydrogen-bond donors (Lipinski definition) is 1. The van der Waals surface area contributed by atoms with Crippen LogP contribution in [0.3, 0.4) is 0 Å². The lowest BCUT2D eigenvalue weighted by molar-refractivity contribution is 0.165. The lowest BCUT2D eigenvalue weighted by atomic mass is 9.96. The molecule has 0 aromatic carbocycles. The van der Waals surface area contributed by atoms with E-state index in [4.69, 9.17) is 23.2 Å². The molecule has 1 N–H and O–H groups in total. The lowest BCUT2D eigenvalue weighted by Gasteiger charge is -2.26. The molecular weight excluding hydrogens is 345 g/mol. The van der Waals surface area contributed by atoms with Crippen LogP contribution in [-0.4, -0.2) is 59.2 Å². The molecule has 1 aromatic heterocycles. The number of hydrogen-bond acceptors (Lipinski definition) is 4. The van der Waals surface area contributed by atoms with Gasteiger partial charge in [0.25, 0.3) is 0 Å². The van der Waals surface area contributed by atoms with E-state index in [2.05, 4.69) is 14.8 Å². The van der Waals surface area contributed by atoms with Crippen molar-refractivity contribution in [3.63, 3.8) is 0 Å². The van der Waals surface area contributed by atoms with Gasteiger partial charge in [-0.05, 0) is 37.8 Å². The normalized spacial score (nSPS) is 26.6. The molecule has 0 saturated carbocycles. The fourth-order valence-corrected chi connectivity index (χ4v) is 4.53. The van der Waals surface area contributed by atoms with Crippen molar-refractivity contribution >= 4 is 23.2 Å². The van der Waals surface area contributed by atoms with Gasteiger partial charge in [0.15, 0.2) is 0 Å². The van der Waals surface area contributed by atoms with E-state index in [9.17, 15) is 5.11 Å². The van der Waals surface area contributed by atoms with Gasteiger partial charge in [0.05, 0.1) is 10.0 Å². The zero-order valence-corrected chi connectivity index (χ0v) is 15.6. The number of aliphatic hydroxyl groups excluding tert-OH is 1. The van der Waals surface area contributed by atoms with Crippen molar-refractivity contribution in [2.45, 2.75) is 32.2 Å². The first kappa shape index (κ1) is 18.4. The molecular formula is C18H27Cl2N3O. The maximum Gasteiger partial charge on any atom is 0.0649 e. The van der Waals surface area contributed by atoms with Crippen LogP contribution in [0.1, 0.15) is 31.2 Å². The highest BCUT2D eigenvalue weighted by atomic mass is 35.5. The van der Waals surface area contributed by atoms with E-state index < -0.39 is 0 Å². The van der Waals surface area contributed by atoms with Crippen molar-refractivity contribution in [3.8, 4) is 0 Å². The fourth-order valence-electron chi connectivity index (χ4n) is 4.04. The molecule has 4 nitrogen and oxygen atoms in total. The fraction of sp³-hybridized carbons (Fsp3) is 0.722. The van der Waals surface area contributed by atoms with Gasteiger partial charge in [-0.25, -0.2) is 0 Å². The van der Waals surface area contributed by atoms with E-state index in [1.54, 1.807) is 12.4 Å². The van der Waals surface area contributed by atoms with E-state index in [1.807, 2.05) is 0 Å².